The molecule has 0 atom stereocenters. The van der Waals surface area contributed by atoms with Crippen molar-refractivity contribution in [3.05, 3.63) is 71.2 Å². The fraction of sp³-hybridized carbons (Fsp3) is 0.167. The fourth-order valence-electron chi connectivity index (χ4n) is 2.50. The highest BCUT2D eigenvalue weighted by atomic mass is 19.4. The number of pyridine rings is 2. The number of aryl methyl sites for hydroxylation is 1. The van der Waals surface area contributed by atoms with Crippen molar-refractivity contribution in [1.82, 2.24) is 9.97 Å². The van der Waals surface area contributed by atoms with Gasteiger partial charge in [0.15, 0.2) is 5.78 Å². The second kappa shape index (κ2) is 6.03. The zero-order chi connectivity index (χ0) is 17.3. The predicted octanol–water partition coefficient (Wildman–Crippen LogP) is 4.38. The van der Waals surface area contributed by atoms with Crippen molar-refractivity contribution in [2.24, 2.45) is 0 Å². The van der Waals surface area contributed by atoms with Crippen molar-refractivity contribution in [2.75, 3.05) is 0 Å². The molecule has 0 N–H and O–H groups in total. The van der Waals surface area contributed by atoms with E-state index in [9.17, 15) is 18.0 Å². The highest BCUT2D eigenvalue weighted by Gasteiger charge is 2.30. The summed E-state index contributed by atoms with van der Waals surface area (Å²) in [6, 6.07) is 10.0. The Balaban J connectivity index is 2.01. The molecule has 0 amide bonds. The summed E-state index contributed by atoms with van der Waals surface area (Å²) >= 11 is 0. The van der Waals surface area contributed by atoms with Crippen LogP contribution >= 0.6 is 0 Å². The van der Waals surface area contributed by atoms with Crippen LogP contribution in [-0.2, 0) is 12.6 Å². The van der Waals surface area contributed by atoms with Gasteiger partial charge >= 0.3 is 6.18 Å². The van der Waals surface area contributed by atoms with E-state index < -0.39 is 11.7 Å². The third-order valence-corrected chi connectivity index (χ3v) is 3.68. The van der Waals surface area contributed by atoms with E-state index >= 15 is 0 Å². The summed E-state index contributed by atoms with van der Waals surface area (Å²) in [5.74, 6) is -0.247. The number of ketones is 1. The number of Topliss-reactive ketones (excluding diaryl/α,β-unsaturated/α-hetero) is 1. The number of hydrogen-bond donors (Lipinski definition) is 0. The van der Waals surface area contributed by atoms with Crippen molar-refractivity contribution >= 4 is 16.7 Å². The number of fused-ring (bicyclic) bond motifs is 1. The Hall–Kier alpha value is -2.76. The van der Waals surface area contributed by atoms with E-state index in [4.69, 9.17) is 0 Å². The van der Waals surface area contributed by atoms with Crippen molar-refractivity contribution < 1.29 is 18.0 Å². The SMILES string of the molecule is Cc1cccc(C(=O)Cc2ccnc3ccc(C(F)(F)F)cc23)n1. The maximum absolute atomic E-state index is 12.9. The maximum atomic E-state index is 12.9. The van der Waals surface area contributed by atoms with Crippen molar-refractivity contribution in [2.45, 2.75) is 19.5 Å². The van der Waals surface area contributed by atoms with Gasteiger partial charge in [-0.15, -0.1) is 0 Å². The average Bonchev–Trinajstić information content (AvgIpc) is 2.54. The van der Waals surface area contributed by atoms with Gasteiger partial charge in [-0.2, -0.15) is 13.2 Å². The van der Waals surface area contributed by atoms with Gasteiger partial charge in [0.25, 0.3) is 0 Å². The Labute approximate surface area is 136 Å². The molecule has 122 valence electrons. The molecule has 0 aliphatic rings. The van der Waals surface area contributed by atoms with Gasteiger partial charge in [0.05, 0.1) is 11.1 Å². The number of hydrogen-bond acceptors (Lipinski definition) is 3. The topological polar surface area (TPSA) is 42.9 Å². The van der Waals surface area contributed by atoms with E-state index in [0.717, 1.165) is 12.1 Å². The molecule has 24 heavy (non-hydrogen) atoms. The van der Waals surface area contributed by atoms with Crippen LogP contribution in [0.3, 0.4) is 0 Å². The first-order valence-electron chi connectivity index (χ1n) is 7.26. The number of benzene rings is 1. The van der Waals surface area contributed by atoms with Crippen LogP contribution in [-0.4, -0.2) is 15.8 Å². The lowest BCUT2D eigenvalue weighted by molar-refractivity contribution is -0.137. The number of alkyl halides is 3. The predicted molar refractivity (Wildman–Crippen MR) is 83.8 cm³/mol. The molecule has 1 aromatic carbocycles. The summed E-state index contributed by atoms with van der Waals surface area (Å²) < 4.78 is 38.8. The smallest absolute Gasteiger partial charge is 0.292 e. The van der Waals surface area contributed by atoms with E-state index in [0.29, 0.717) is 27.9 Å². The Kier molecular flexibility index (Phi) is 4.05. The Morgan fingerprint density at radius 3 is 2.62 bits per heavy atom. The number of carbonyl (C=O) groups excluding carboxylic acids is 1. The summed E-state index contributed by atoms with van der Waals surface area (Å²) in [5.41, 5.74) is 1.17. The number of nitrogens with zero attached hydrogens (tertiary/aromatic N) is 2. The van der Waals surface area contributed by atoms with Crippen LogP contribution in [0, 0.1) is 6.92 Å². The molecule has 0 unspecified atom stereocenters. The lowest BCUT2D eigenvalue weighted by atomic mass is 10.0. The molecule has 0 saturated heterocycles. The van der Waals surface area contributed by atoms with Gasteiger partial charge in [0.1, 0.15) is 5.69 Å². The first-order chi connectivity index (χ1) is 11.3. The molecule has 0 aliphatic heterocycles. The van der Waals surface area contributed by atoms with Crippen LogP contribution in [0.15, 0.2) is 48.7 Å². The summed E-state index contributed by atoms with van der Waals surface area (Å²) in [6.07, 6.45) is -2.98. The minimum atomic E-state index is -4.44. The number of carbonyl (C=O) groups is 1. The quantitative estimate of drug-likeness (QED) is 0.669. The molecule has 0 spiro atoms. The molecule has 0 saturated carbocycles. The number of halogens is 3. The van der Waals surface area contributed by atoms with Gasteiger partial charge in [0.2, 0.25) is 0 Å². The van der Waals surface area contributed by atoms with E-state index in [-0.39, 0.29) is 12.2 Å². The first-order valence-corrected chi connectivity index (χ1v) is 7.26. The van der Waals surface area contributed by atoms with Crippen molar-refractivity contribution in [3.8, 4) is 0 Å². The fourth-order valence-corrected chi connectivity index (χ4v) is 2.50. The molecule has 0 bridgehead atoms. The molecular weight excluding hydrogens is 317 g/mol. The zero-order valence-corrected chi connectivity index (χ0v) is 12.8. The van der Waals surface area contributed by atoms with Crippen molar-refractivity contribution in [1.29, 1.82) is 0 Å². The lowest BCUT2D eigenvalue weighted by Gasteiger charge is -2.10. The summed E-state index contributed by atoms with van der Waals surface area (Å²) in [7, 11) is 0. The number of aromatic nitrogens is 2. The molecule has 6 heteroatoms. The van der Waals surface area contributed by atoms with Crippen LogP contribution in [0.1, 0.15) is 27.3 Å². The Morgan fingerprint density at radius 1 is 1.12 bits per heavy atom. The maximum Gasteiger partial charge on any atom is 0.416 e. The first kappa shape index (κ1) is 16.1. The van der Waals surface area contributed by atoms with Crippen LogP contribution < -0.4 is 0 Å². The molecule has 3 aromatic rings. The normalized spacial score (nSPS) is 11.7. The molecular formula is C18H13F3N2O. The summed E-state index contributed by atoms with van der Waals surface area (Å²) in [5, 5.41) is 0.327. The average molecular weight is 330 g/mol. The van der Waals surface area contributed by atoms with Crippen LogP contribution in [0.4, 0.5) is 13.2 Å². The summed E-state index contributed by atoms with van der Waals surface area (Å²) in [4.78, 5) is 20.6. The molecule has 2 aromatic heterocycles. The van der Waals surface area contributed by atoms with Gasteiger partial charge in [-0.25, -0.2) is 0 Å². The van der Waals surface area contributed by atoms with Gasteiger partial charge in [-0.3, -0.25) is 14.8 Å². The Bertz CT molecular complexity index is 920. The summed E-state index contributed by atoms with van der Waals surface area (Å²) in [6.45, 7) is 1.77. The van der Waals surface area contributed by atoms with Crippen LogP contribution in [0.5, 0.6) is 0 Å². The van der Waals surface area contributed by atoms with Crippen LogP contribution in [0.2, 0.25) is 0 Å². The van der Waals surface area contributed by atoms with Crippen LogP contribution in [0.25, 0.3) is 10.9 Å². The second-order valence-corrected chi connectivity index (χ2v) is 5.46. The van der Waals surface area contributed by atoms with Gasteiger partial charge in [-0.1, -0.05) is 6.07 Å². The van der Waals surface area contributed by atoms with E-state index in [1.807, 2.05) is 0 Å². The monoisotopic (exact) mass is 330 g/mol. The third-order valence-electron chi connectivity index (χ3n) is 3.68. The zero-order valence-electron chi connectivity index (χ0n) is 12.8. The second-order valence-electron chi connectivity index (χ2n) is 5.46. The van der Waals surface area contributed by atoms with E-state index in [1.165, 1.54) is 12.3 Å². The molecule has 0 fully saturated rings. The largest absolute Gasteiger partial charge is 0.416 e. The molecule has 2 heterocycles. The molecule has 3 nitrogen and oxygen atoms in total. The van der Waals surface area contributed by atoms with Gasteiger partial charge in [-0.05, 0) is 48.9 Å². The molecule has 0 radical (unpaired) electrons. The standard InChI is InChI=1S/C18H13F3N2O/c1-11-3-2-4-16(23-11)17(24)9-12-7-8-22-15-6-5-13(10-14(12)15)18(19,20)21/h2-8,10H,9H2,1H3. The Morgan fingerprint density at radius 2 is 1.92 bits per heavy atom. The number of rotatable bonds is 3. The molecule has 3 rings (SSSR count). The lowest BCUT2D eigenvalue weighted by Crippen LogP contribution is -2.08. The highest BCUT2D eigenvalue weighted by Crippen LogP contribution is 2.32. The minimum Gasteiger partial charge on any atom is -0.292 e. The van der Waals surface area contributed by atoms with E-state index in [2.05, 4.69) is 9.97 Å². The third kappa shape index (κ3) is 3.27. The highest BCUT2D eigenvalue weighted by molar-refractivity contribution is 5.98. The van der Waals surface area contributed by atoms with Gasteiger partial charge < -0.3 is 0 Å². The molecule has 0 aliphatic carbocycles. The van der Waals surface area contributed by atoms with Gasteiger partial charge in [0, 0.05) is 23.7 Å². The van der Waals surface area contributed by atoms with E-state index in [1.54, 1.807) is 31.2 Å². The minimum absolute atomic E-state index is 0.0310. The van der Waals surface area contributed by atoms with Crippen molar-refractivity contribution in [3.63, 3.8) is 0 Å².